The molecular weight excluding hydrogens is 764 g/mol. The molecule has 2 N–H and O–H groups in total. The second kappa shape index (κ2) is 15.5. The molecule has 3 nitrogen and oxygen atoms in total. The fourth-order valence-corrected chi connectivity index (χ4v) is 9.54. The van der Waals surface area contributed by atoms with Gasteiger partial charge in [0.1, 0.15) is 32.9 Å². The monoisotopic (exact) mass is 801 g/mol. The molecule has 0 heterocycles. The maximum atomic E-state index is 12.8. The van der Waals surface area contributed by atoms with Crippen LogP contribution in [0.1, 0.15) is 0 Å². The van der Waals surface area contributed by atoms with Crippen LogP contribution < -0.4 is 15.8 Å². The standard InChI is InChI=1S/C58H37B2NO2/c59-54-53(52-49-30-16-13-27-46(49)45-26-12-15-29-48(45)51(52)38-19-5-2-6-20-38)55(60)58(63)56(57(54)62)61(50-35-39-21-7-8-24-43(39)44-25-11-14-28-47(44)50)40-33-31-37(32-34-40)42-23-10-9-22-41(42)36-17-3-1-4-18-36/h1-35,62-63H. The summed E-state index contributed by atoms with van der Waals surface area (Å²) in [7, 11) is 14.5. The summed E-state index contributed by atoms with van der Waals surface area (Å²) in [5, 5.41) is 33.6. The van der Waals surface area contributed by atoms with Gasteiger partial charge in [-0.15, -0.1) is 0 Å². The van der Waals surface area contributed by atoms with Crippen LogP contribution in [-0.2, 0) is 0 Å². The summed E-state index contributed by atoms with van der Waals surface area (Å²) in [5.41, 5.74) is 8.91. The lowest BCUT2D eigenvalue weighted by Gasteiger charge is -2.32. The van der Waals surface area contributed by atoms with Gasteiger partial charge in [0.05, 0.1) is 5.69 Å². The molecule has 0 aromatic heterocycles. The van der Waals surface area contributed by atoms with E-state index in [1.165, 1.54) is 0 Å². The van der Waals surface area contributed by atoms with Gasteiger partial charge < -0.3 is 15.1 Å². The Morgan fingerprint density at radius 1 is 0.333 bits per heavy atom. The number of hydrogen-bond acceptors (Lipinski definition) is 3. The van der Waals surface area contributed by atoms with Gasteiger partial charge in [0.25, 0.3) is 0 Å². The van der Waals surface area contributed by atoms with Gasteiger partial charge in [0.2, 0.25) is 0 Å². The molecule has 0 amide bonds. The SMILES string of the molecule is [B]c1c(O)c(N(c2ccc(-c3ccccc3-c3ccccc3)cc2)c2cc3ccccc3c3ccccc23)c(O)c([B])c1-c1c(-c2ccccc2)c2ccccc2c2ccccc12. The molecule has 0 unspecified atom stereocenters. The highest BCUT2D eigenvalue weighted by atomic mass is 16.3. The van der Waals surface area contributed by atoms with Crippen molar-refractivity contribution in [2.24, 2.45) is 0 Å². The molecule has 292 valence electrons. The number of phenols is 2. The Kier molecular flexibility index (Phi) is 9.32. The van der Waals surface area contributed by atoms with Crippen molar-refractivity contribution in [3.8, 4) is 56.0 Å². The fraction of sp³-hybridized carbons (Fsp3) is 0. The molecule has 0 aliphatic heterocycles. The number of nitrogens with zero attached hydrogens (tertiary/aromatic N) is 1. The molecule has 11 rings (SSSR count). The van der Waals surface area contributed by atoms with Gasteiger partial charge >= 0.3 is 0 Å². The van der Waals surface area contributed by atoms with Crippen LogP contribution in [0, 0.1) is 0 Å². The van der Waals surface area contributed by atoms with Crippen molar-refractivity contribution in [2.75, 3.05) is 4.90 Å². The molecule has 0 atom stereocenters. The van der Waals surface area contributed by atoms with Crippen LogP contribution in [0.15, 0.2) is 212 Å². The molecular formula is C58H37B2NO2. The van der Waals surface area contributed by atoms with Crippen molar-refractivity contribution >= 4 is 86.8 Å². The van der Waals surface area contributed by atoms with Gasteiger partial charge in [-0.1, -0.05) is 194 Å². The predicted octanol–water partition coefficient (Wildman–Crippen LogP) is 13.4. The van der Waals surface area contributed by atoms with E-state index in [0.717, 1.165) is 87.7 Å². The Hall–Kier alpha value is -8.01. The average Bonchev–Trinajstić information content (AvgIpc) is 3.35. The van der Waals surface area contributed by atoms with E-state index in [4.69, 9.17) is 15.7 Å². The van der Waals surface area contributed by atoms with E-state index in [9.17, 15) is 10.2 Å². The highest BCUT2D eigenvalue weighted by Crippen LogP contribution is 2.51. The Morgan fingerprint density at radius 2 is 0.746 bits per heavy atom. The third-order valence-electron chi connectivity index (χ3n) is 12.4. The number of phenolic OH excluding ortho intramolecular Hbond substituents is 2. The Morgan fingerprint density at radius 3 is 1.32 bits per heavy atom. The summed E-state index contributed by atoms with van der Waals surface area (Å²) >= 11 is 0. The first kappa shape index (κ1) is 38.0. The van der Waals surface area contributed by atoms with Crippen molar-refractivity contribution in [2.45, 2.75) is 0 Å². The second-order valence-corrected chi connectivity index (χ2v) is 15.9. The smallest absolute Gasteiger partial charge is 0.136 e. The third-order valence-corrected chi connectivity index (χ3v) is 12.4. The lowest BCUT2D eigenvalue weighted by atomic mass is 9.72. The van der Waals surface area contributed by atoms with E-state index < -0.39 is 0 Å². The van der Waals surface area contributed by atoms with E-state index in [0.29, 0.717) is 11.3 Å². The molecule has 11 aromatic carbocycles. The molecule has 4 radical (unpaired) electrons. The molecule has 0 aliphatic carbocycles. The van der Waals surface area contributed by atoms with Crippen LogP contribution in [0.4, 0.5) is 17.1 Å². The minimum absolute atomic E-state index is 0.0569. The summed E-state index contributed by atoms with van der Waals surface area (Å²) in [6, 6.07) is 72.0. The summed E-state index contributed by atoms with van der Waals surface area (Å²) in [4.78, 5) is 1.89. The highest BCUT2D eigenvalue weighted by molar-refractivity contribution is 6.49. The molecule has 63 heavy (non-hydrogen) atoms. The summed E-state index contributed by atoms with van der Waals surface area (Å²) in [5.74, 6) is -0.576. The zero-order valence-electron chi connectivity index (χ0n) is 34.2. The lowest BCUT2D eigenvalue weighted by molar-refractivity contribution is 0.458. The van der Waals surface area contributed by atoms with Crippen molar-refractivity contribution in [1.29, 1.82) is 0 Å². The third kappa shape index (κ3) is 6.23. The van der Waals surface area contributed by atoms with E-state index in [2.05, 4.69) is 109 Å². The number of hydrogen-bond donors (Lipinski definition) is 2. The molecule has 0 saturated carbocycles. The molecule has 11 aromatic rings. The van der Waals surface area contributed by atoms with E-state index >= 15 is 0 Å². The maximum absolute atomic E-state index is 12.8. The molecule has 0 spiro atoms. The van der Waals surface area contributed by atoms with Crippen molar-refractivity contribution in [3.63, 3.8) is 0 Å². The molecule has 5 heteroatoms. The quantitative estimate of drug-likeness (QED) is 0.125. The molecule has 0 fully saturated rings. The maximum Gasteiger partial charge on any atom is 0.136 e. The number of rotatable bonds is 7. The number of aromatic hydroxyl groups is 2. The van der Waals surface area contributed by atoms with Crippen molar-refractivity contribution < 1.29 is 10.2 Å². The summed E-state index contributed by atoms with van der Waals surface area (Å²) < 4.78 is 0. The van der Waals surface area contributed by atoms with E-state index in [1.54, 1.807) is 0 Å². The van der Waals surface area contributed by atoms with Crippen LogP contribution >= 0.6 is 0 Å². The van der Waals surface area contributed by atoms with Gasteiger partial charge in [-0.05, 0) is 111 Å². The predicted molar refractivity (Wildman–Crippen MR) is 267 cm³/mol. The molecule has 0 saturated heterocycles. The Bertz CT molecular complexity index is 3520. The van der Waals surface area contributed by atoms with Gasteiger partial charge in [-0.25, -0.2) is 0 Å². The van der Waals surface area contributed by atoms with Crippen molar-refractivity contribution in [1.82, 2.24) is 0 Å². The first-order chi connectivity index (χ1) is 31.0. The van der Waals surface area contributed by atoms with E-state index in [1.807, 2.05) is 108 Å². The van der Waals surface area contributed by atoms with Crippen LogP contribution in [0.3, 0.4) is 0 Å². The van der Waals surface area contributed by atoms with Gasteiger partial charge in [0.15, 0.2) is 0 Å². The summed E-state index contributed by atoms with van der Waals surface area (Å²) in [6.45, 7) is 0. The van der Waals surface area contributed by atoms with Crippen LogP contribution in [0.5, 0.6) is 11.5 Å². The van der Waals surface area contributed by atoms with Gasteiger partial charge in [-0.3, -0.25) is 0 Å². The van der Waals surface area contributed by atoms with Gasteiger partial charge in [0, 0.05) is 11.1 Å². The number of fused-ring (bicyclic) bond motifs is 6. The largest absolute Gasteiger partial charge is 0.506 e. The zero-order valence-corrected chi connectivity index (χ0v) is 34.2. The average molecular weight is 802 g/mol. The minimum Gasteiger partial charge on any atom is -0.506 e. The Balaban J connectivity index is 1.19. The topological polar surface area (TPSA) is 43.7 Å². The van der Waals surface area contributed by atoms with Crippen molar-refractivity contribution in [3.05, 3.63) is 212 Å². The summed E-state index contributed by atoms with van der Waals surface area (Å²) in [6.07, 6.45) is 0. The van der Waals surface area contributed by atoms with Crippen LogP contribution in [0.25, 0.3) is 87.6 Å². The lowest BCUT2D eigenvalue weighted by Crippen LogP contribution is -2.25. The van der Waals surface area contributed by atoms with E-state index in [-0.39, 0.29) is 28.1 Å². The normalized spacial score (nSPS) is 11.4. The highest BCUT2D eigenvalue weighted by Gasteiger charge is 2.30. The second-order valence-electron chi connectivity index (χ2n) is 15.9. The minimum atomic E-state index is -0.288. The molecule has 0 bridgehead atoms. The zero-order chi connectivity index (χ0) is 42.6. The number of benzene rings is 11. The first-order valence-corrected chi connectivity index (χ1v) is 21.1. The Labute approximate surface area is 368 Å². The van der Waals surface area contributed by atoms with Crippen LogP contribution in [0.2, 0.25) is 0 Å². The van der Waals surface area contributed by atoms with Crippen LogP contribution in [-0.4, -0.2) is 25.9 Å². The fourth-order valence-electron chi connectivity index (χ4n) is 9.54. The first-order valence-electron chi connectivity index (χ1n) is 21.1. The number of anilines is 3. The molecule has 0 aliphatic rings. The van der Waals surface area contributed by atoms with Gasteiger partial charge in [-0.2, -0.15) is 0 Å².